The molecule has 0 spiro atoms. The third-order valence-corrected chi connectivity index (χ3v) is 11.0. The van der Waals surface area contributed by atoms with Crippen LogP contribution in [0.1, 0.15) is 71.8 Å². The molecule has 2 aliphatic carbocycles. The van der Waals surface area contributed by atoms with Crippen LogP contribution in [0.2, 0.25) is 0 Å². The summed E-state index contributed by atoms with van der Waals surface area (Å²) in [5.74, 6) is -11.1. The minimum atomic E-state index is -2.54. The SMILES string of the molecule is C=C1[C@@H]([C@]2(C)[C@@H](CC(=O)O)[C@@](C)(CO)OC(=O)C[C@H]2OC(C)=O)[C@@H](OC=O)[C@H](OC(=O)[C@@H](O)[C@@H](C)CC)C2[C@H](c3ccoc3)CC(=O)[C@]12O. The first-order chi connectivity index (χ1) is 22.9. The number of carbonyl (C=O) groups is 6. The van der Waals surface area contributed by atoms with Crippen LogP contribution in [0.15, 0.2) is 35.2 Å². The van der Waals surface area contributed by atoms with E-state index in [0.29, 0.717) is 12.0 Å². The Morgan fingerprint density at radius 1 is 1.16 bits per heavy atom. The maximum absolute atomic E-state index is 14.0. The minimum Gasteiger partial charge on any atom is -0.481 e. The van der Waals surface area contributed by atoms with Crippen LogP contribution in [0.3, 0.4) is 0 Å². The van der Waals surface area contributed by atoms with Crippen LogP contribution in [0.25, 0.3) is 0 Å². The summed E-state index contributed by atoms with van der Waals surface area (Å²) in [6.07, 6.45) is -5.40. The molecule has 0 radical (unpaired) electrons. The number of aliphatic carboxylic acids is 1. The number of carboxylic acid groups (broad SMARTS) is 1. The molecule has 1 aromatic rings. The molecule has 4 N–H and O–H groups in total. The zero-order valence-electron chi connectivity index (χ0n) is 28.0. The highest BCUT2D eigenvalue weighted by molar-refractivity contribution is 5.95. The maximum Gasteiger partial charge on any atom is 0.335 e. The monoisotopic (exact) mass is 692 g/mol. The maximum atomic E-state index is 14.0. The van der Waals surface area contributed by atoms with Gasteiger partial charge in [0, 0.05) is 42.4 Å². The number of Topliss-reactive ketones (excluding diaryl/α,β-unsaturated/α-hetero) is 1. The van der Waals surface area contributed by atoms with Gasteiger partial charge in [-0.25, -0.2) is 4.79 Å². The average molecular weight is 693 g/mol. The Labute approximate surface area is 282 Å². The molecular formula is C34H44O15. The number of aliphatic hydroxyl groups excluding tert-OH is 2. The van der Waals surface area contributed by atoms with Gasteiger partial charge in [-0.15, -0.1) is 0 Å². The van der Waals surface area contributed by atoms with E-state index >= 15 is 0 Å². The van der Waals surface area contributed by atoms with Crippen LogP contribution in [0.5, 0.6) is 0 Å². The molecule has 0 aromatic carbocycles. The summed E-state index contributed by atoms with van der Waals surface area (Å²) in [4.78, 5) is 78.1. The average Bonchev–Trinajstić information content (AvgIpc) is 3.65. The number of carbonyl (C=O) groups excluding carboxylic acids is 5. The summed E-state index contributed by atoms with van der Waals surface area (Å²) >= 11 is 0. The van der Waals surface area contributed by atoms with Gasteiger partial charge in [0.15, 0.2) is 17.5 Å². The number of cyclic esters (lactones) is 1. The van der Waals surface area contributed by atoms with Gasteiger partial charge >= 0.3 is 23.9 Å². The van der Waals surface area contributed by atoms with Crippen LogP contribution in [0, 0.1) is 29.1 Å². The lowest BCUT2D eigenvalue weighted by Crippen LogP contribution is -2.68. The molecule has 4 rings (SSSR count). The van der Waals surface area contributed by atoms with E-state index in [1.807, 2.05) is 0 Å². The van der Waals surface area contributed by atoms with Crippen molar-refractivity contribution in [3.63, 3.8) is 0 Å². The van der Waals surface area contributed by atoms with Crippen molar-refractivity contribution in [1.29, 1.82) is 0 Å². The number of fused-ring (bicyclic) bond motifs is 1. The van der Waals surface area contributed by atoms with E-state index in [4.69, 9.17) is 23.4 Å². The zero-order valence-corrected chi connectivity index (χ0v) is 28.0. The Morgan fingerprint density at radius 2 is 1.84 bits per heavy atom. The van der Waals surface area contributed by atoms with Crippen LogP contribution in [-0.4, -0.2) is 98.8 Å². The molecule has 49 heavy (non-hydrogen) atoms. The van der Waals surface area contributed by atoms with Gasteiger partial charge in [0.25, 0.3) is 6.47 Å². The summed E-state index contributed by atoms with van der Waals surface area (Å²) in [5, 5.41) is 44.2. The Hall–Kier alpha value is -4.08. The van der Waals surface area contributed by atoms with Gasteiger partial charge in [0.1, 0.15) is 23.9 Å². The molecule has 3 fully saturated rings. The van der Waals surface area contributed by atoms with Crippen LogP contribution in [0.4, 0.5) is 0 Å². The summed E-state index contributed by atoms with van der Waals surface area (Å²) in [7, 11) is 0. The van der Waals surface area contributed by atoms with Crippen molar-refractivity contribution in [3.8, 4) is 0 Å². The zero-order chi connectivity index (χ0) is 36.6. The van der Waals surface area contributed by atoms with Crippen molar-refractivity contribution in [1.82, 2.24) is 0 Å². The number of furan rings is 1. The van der Waals surface area contributed by atoms with Crippen molar-refractivity contribution in [2.45, 2.75) is 102 Å². The standard InChI is InChI=1S/C34H44O15/c1-7-16(2)28(42)31(43)48-30-27-20(19-8-9-45-13-19)10-22(38)34(27,44)17(3)26(29(30)46-15-36)33(6)21(11-24(39)40)32(5,14-35)49-25(41)12-23(33)47-18(4)37/h8-9,13,15-16,20-21,23,26-30,35,42,44H,3,7,10-12,14H2,1-2,4-6H3,(H,39,40)/t16-,20-,21-,23+,26+,27?,28-,29+,30+,32+,33+,34+/m0/s1. The van der Waals surface area contributed by atoms with Gasteiger partial charge in [0.2, 0.25) is 0 Å². The fourth-order valence-electron chi connectivity index (χ4n) is 8.37. The quantitative estimate of drug-likeness (QED) is 0.105. The first-order valence-electron chi connectivity index (χ1n) is 16.1. The molecule has 15 nitrogen and oxygen atoms in total. The molecule has 2 saturated carbocycles. The van der Waals surface area contributed by atoms with Gasteiger partial charge < -0.3 is 43.8 Å². The van der Waals surface area contributed by atoms with Gasteiger partial charge in [-0.2, -0.15) is 0 Å². The molecule has 0 bridgehead atoms. The third-order valence-electron chi connectivity index (χ3n) is 11.0. The smallest absolute Gasteiger partial charge is 0.335 e. The van der Waals surface area contributed by atoms with E-state index in [0.717, 1.165) is 6.92 Å². The molecule has 1 aromatic heterocycles. The lowest BCUT2D eigenvalue weighted by molar-refractivity contribution is -0.221. The van der Waals surface area contributed by atoms with E-state index in [-0.39, 0.29) is 18.5 Å². The molecule has 3 aliphatic rings. The van der Waals surface area contributed by atoms with E-state index in [1.165, 1.54) is 26.4 Å². The molecule has 15 heteroatoms. The second-order valence-electron chi connectivity index (χ2n) is 13.8. The Morgan fingerprint density at radius 3 is 2.37 bits per heavy atom. The predicted octanol–water partition coefficient (Wildman–Crippen LogP) is 1.46. The number of aliphatic hydroxyl groups is 3. The van der Waals surface area contributed by atoms with Crippen molar-refractivity contribution >= 4 is 36.1 Å². The highest BCUT2D eigenvalue weighted by Crippen LogP contribution is 2.63. The van der Waals surface area contributed by atoms with E-state index in [9.17, 15) is 49.2 Å². The van der Waals surface area contributed by atoms with Gasteiger partial charge in [-0.1, -0.05) is 33.8 Å². The first kappa shape index (κ1) is 37.7. The van der Waals surface area contributed by atoms with E-state index in [1.54, 1.807) is 19.9 Å². The van der Waals surface area contributed by atoms with Crippen molar-refractivity contribution in [2.75, 3.05) is 6.61 Å². The molecule has 1 aliphatic heterocycles. The largest absolute Gasteiger partial charge is 0.481 e. The number of ether oxygens (including phenoxy) is 4. The molecule has 1 saturated heterocycles. The summed E-state index contributed by atoms with van der Waals surface area (Å²) < 4.78 is 28.1. The highest BCUT2D eigenvalue weighted by atomic mass is 16.6. The molecule has 2 heterocycles. The van der Waals surface area contributed by atoms with Crippen molar-refractivity contribution in [2.24, 2.45) is 29.1 Å². The molecule has 270 valence electrons. The number of rotatable bonds is 12. The van der Waals surface area contributed by atoms with Gasteiger partial charge in [-0.3, -0.25) is 24.0 Å². The van der Waals surface area contributed by atoms with Gasteiger partial charge in [0.05, 0.1) is 32.0 Å². The molecule has 0 amide bonds. The lowest BCUT2D eigenvalue weighted by atomic mass is 9.50. The fourth-order valence-corrected chi connectivity index (χ4v) is 8.37. The van der Waals surface area contributed by atoms with Crippen LogP contribution in [-0.2, 0) is 47.7 Å². The van der Waals surface area contributed by atoms with Crippen molar-refractivity contribution in [3.05, 3.63) is 36.3 Å². The number of hydrogen-bond donors (Lipinski definition) is 4. The minimum absolute atomic E-state index is 0.0326. The normalized spacial score (nSPS) is 37.2. The summed E-state index contributed by atoms with van der Waals surface area (Å²) in [5.41, 5.74) is -6.32. The molecule has 12 atom stereocenters. The summed E-state index contributed by atoms with van der Waals surface area (Å²) in [6, 6.07) is 1.54. The first-order valence-corrected chi connectivity index (χ1v) is 16.1. The topological polar surface area (TPSA) is 233 Å². The van der Waals surface area contributed by atoms with Gasteiger partial charge in [-0.05, 0) is 30.0 Å². The molecule has 1 unspecified atom stereocenters. The van der Waals surface area contributed by atoms with Crippen LogP contribution < -0.4 is 0 Å². The highest BCUT2D eigenvalue weighted by Gasteiger charge is 2.73. The Kier molecular flexibility index (Phi) is 10.8. The van der Waals surface area contributed by atoms with Crippen molar-refractivity contribution < 1.29 is 72.6 Å². The number of ketones is 1. The second-order valence-corrected chi connectivity index (χ2v) is 13.8. The summed E-state index contributed by atoms with van der Waals surface area (Å²) in [6.45, 7) is 10.3. The van der Waals surface area contributed by atoms with Crippen LogP contribution >= 0.6 is 0 Å². The van der Waals surface area contributed by atoms with E-state index < -0.39 is 120 Å². The Bertz CT molecular complexity index is 1470. The Balaban J connectivity index is 2.06. The second kappa shape index (κ2) is 14.0. The third kappa shape index (κ3) is 6.39. The van der Waals surface area contributed by atoms with E-state index in [2.05, 4.69) is 6.58 Å². The number of esters is 3. The number of carboxylic acids is 1. The lowest BCUT2D eigenvalue weighted by Gasteiger charge is -2.58. The number of hydrogen-bond acceptors (Lipinski definition) is 14. The fraction of sp³-hybridized carbons (Fsp3) is 0.647. The predicted molar refractivity (Wildman–Crippen MR) is 164 cm³/mol. The molecular weight excluding hydrogens is 648 g/mol.